The molecule has 0 aliphatic carbocycles. The third-order valence-corrected chi connectivity index (χ3v) is 5.76. The molecule has 33 heavy (non-hydrogen) atoms. The van der Waals surface area contributed by atoms with Gasteiger partial charge < -0.3 is 15.5 Å². The van der Waals surface area contributed by atoms with Crippen molar-refractivity contribution in [3.05, 3.63) is 56.2 Å². The largest absolute Gasteiger partial charge is 0.383 e. The van der Waals surface area contributed by atoms with Gasteiger partial charge in [0.2, 0.25) is 5.91 Å². The molecule has 9 heteroatoms. The van der Waals surface area contributed by atoms with Gasteiger partial charge in [0.15, 0.2) is 5.69 Å². The van der Waals surface area contributed by atoms with Gasteiger partial charge in [-0.05, 0) is 36.5 Å². The van der Waals surface area contributed by atoms with Crippen LogP contribution in [-0.4, -0.2) is 39.4 Å². The van der Waals surface area contributed by atoms with E-state index in [4.69, 9.17) is 5.73 Å². The minimum absolute atomic E-state index is 0.00357. The van der Waals surface area contributed by atoms with Crippen LogP contribution in [0.5, 0.6) is 0 Å². The Labute approximate surface area is 193 Å². The number of nitrogens with one attached hydrogen (secondary N) is 1. The first kappa shape index (κ1) is 24.3. The fourth-order valence-corrected chi connectivity index (χ4v) is 4.02. The number of likely N-dealkylation sites (tertiary alicyclic amines) is 1. The van der Waals surface area contributed by atoms with E-state index in [1.165, 1.54) is 9.47 Å². The van der Waals surface area contributed by atoms with Gasteiger partial charge in [0.25, 0.3) is 11.5 Å². The van der Waals surface area contributed by atoms with E-state index in [1.807, 2.05) is 37.8 Å². The molecule has 1 aromatic carbocycles. The van der Waals surface area contributed by atoms with Gasteiger partial charge in [-0.2, -0.15) is 0 Å². The molecule has 1 fully saturated rings. The highest BCUT2D eigenvalue weighted by Gasteiger charge is 2.26. The minimum atomic E-state index is -0.677. The molecule has 178 valence electrons. The van der Waals surface area contributed by atoms with Crippen molar-refractivity contribution in [1.29, 1.82) is 0 Å². The van der Waals surface area contributed by atoms with E-state index >= 15 is 0 Å². The summed E-state index contributed by atoms with van der Waals surface area (Å²) in [5.74, 6) is -0.170. The second-order valence-electron chi connectivity index (χ2n) is 8.92. The Morgan fingerprint density at radius 2 is 1.88 bits per heavy atom. The molecule has 1 aliphatic rings. The second-order valence-corrected chi connectivity index (χ2v) is 8.92. The van der Waals surface area contributed by atoms with Crippen LogP contribution in [-0.2, 0) is 17.9 Å². The molecule has 2 heterocycles. The molecule has 1 aliphatic heterocycles. The molecule has 0 atom stereocenters. The van der Waals surface area contributed by atoms with E-state index in [0.29, 0.717) is 31.5 Å². The van der Waals surface area contributed by atoms with Crippen LogP contribution in [0.4, 0.5) is 11.5 Å². The first-order chi connectivity index (χ1) is 15.7. The number of nitrogens with zero attached hydrogens (tertiary/aromatic N) is 3. The van der Waals surface area contributed by atoms with E-state index in [1.54, 1.807) is 12.1 Å². The number of carbonyl (C=O) groups excluding carboxylic acids is 2. The molecule has 0 spiro atoms. The zero-order valence-corrected chi connectivity index (χ0v) is 19.6. The third kappa shape index (κ3) is 5.53. The molecule has 3 N–H and O–H groups in total. The van der Waals surface area contributed by atoms with E-state index in [2.05, 4.69) is 4.98 Å². The van der Waals surface area contributed by atoms with Crippen molar-refractivity contribution < 1.29 is 9.59 Å². The molecule has 0 radical (unpaired) electrons. The SMILES string of the molecule is CCCCn1c(N)c(N(CC(C)C)C(=O)c2ccc(CN3CCCC3=O)cc2)c(=O)[nH]c1=O. The quantitative estimate of drug-likeness (QED) is 0.601. The van der Waals surface area contributed by atoms with Crippen molar-refractivity contribution in [3.63, 3.8) is 0 Å². The molecule has 2 aromatic rings. The van der Waals surface area contributed by atoms with Crippen LogP contribution in [0.3, 0.4) is 0 Å². The first-order valence-corrected chi connectivity index (χ1v) is 11.5. The monoisotopic (exact) mass is 455 g/mol. The molecule has 9 nitrogen and oxygen atoms in total. The molecular formula is C24H33N5O4. The first-order valence-electron chi connectivity index (χ1n) is 11.5. The predicted molar refractivity (Wildman–Crippen MR) is 128 cm³/mol. The highest BCUT2D eigenvalue weighted by molar-refractivity contribution is 6.07. The number of benzene rings is 1. The molecule has 0 unspecified atom stereocenters. The topological polar surface area (TPSA) is 121 Å². The Morgan fingerprint density at radius 1 is 1.18 bits per heavy atom. The number of nitrogen functional groups attached to an aromatic ring is 1. The van der Waals surface area contributed by atoms with Crippen LogP contribution in [0.1, 0.15) is 62.4 Å². The standard InChI is InChI=1S/C24H33N5O4/c1-4-5-13-28-21(25)20(22(31)26-24(28)33)29(14-16(2)3)23(32)18-10-8-17(9-11-18)15-27-12-6-7-19(27)30/h8-11,16H,4-7,12-15,25H2,1-3H3,(H,26,31,33). The lowest BCUT2D eigenvalue weighted by Crippen LogP contribution is -2.42. The fourth-order valence-electron chi connectivity index (χ4n) is 4.02. The summed E-state index contributed by atoms with van der Waals surface area (Å²) in [7, 11) is 0. The number of anilines is 2. The smallest absolute Gasteiger partial charge is 0.330 e. The van der Waals surface area contributed by atoms with E-state index in [9.17, 15) is 19.2 Å². The molecule has 0 saturated carbocycles. The maximum absolute atomic E-state index is 13.5. The lowest BCUT2D eigenvalue weighted by molar-refractivity contribution is -0.128. The summed E-state index contributed by atoms with van der Waals surface area (Å²) in [6.45, 7) is 7.75. The maximum Gasteiger partial charge on any atom is 0.330 e. The zero-order chi connectivity index (χ0) is 24.1. The summed E-state index contributed by atoms with van der Waals surface area (Å²) in [6.07, 6.45) is 3.02. The second kappa shape index (κ2) is 10.5. The summed E-state index contributed by atoms with van der Waals surface area (Å²) in [5, 5.41) is 0. The minimum Gasteiger partial charge on any atom is -0.383 e. The normalized spacial score (nSPS) is 13.7. The number of aromatic amines is 1. The number of unbranched alkanes of at least 4 members (excludes halogenated alkanes) is 1. The van der Waals surface area contributed by atoms with Crippen molar-refractivity contribution in [2.24, 2.45) is 5.92 Å². The zero-order valence-electron chi connectivity index (χ0n) is 19.6. The van der Waals surface area contributed by atoms with Gasteiger partial charge in [0.05, 0.1) is 0 Å². The van der Waals surface area contributed by atoms with Crippen molar-refractivity contribution in [1.82, 2.24) is 14.5 Å². The van der Waals surface area contributed by atoms with Gasteiger partial charge in [-0.3, -0.25) is 23.9 Å². The Morgan fingerprint density at radius 3 is 2.45 bits per heavy atom. The van der Waals surface area contributed by atoms with Crippen LogP contribution in [0.25, 0.3) is 0 Å². The van der Waals surface area contributed by atoms with Crippen LogP contribution >= 0.6 is 0 Å². The molecule has 1 saturated heterocycles. The summed E-state index contributed by atoms with van der Waals surface area (Å²) >= 11 is 0. The fraction of sp³-hybridized carbons (Fsp3) is 0.500. The van der Waals surface area contributed by atoms with Crippen molar-refractivity contribution in [2.75, 3.05) is 23.7 Å². The molecule has 3 rings (SSSR count). The number of aromatic nitrogens is 2. The number of hydrogen-bond donors (Lipinski definition) is 2. The molecule has 0 bridgehead atoms. The third-order valence-electron chi connectivity index (χ3n) is 5.76. The number of amides is 2. The highest BCUT2D eigenvalue weighted by Crippen LogP contribution is 2.22. The number of H-pyrrole nitrogens is 1. The van der Waals surface area contributed by atoms with Gasteiger partial charge in [0, 0.05) is 38.2 Å². The lowest BCUT2D eigenvalue weighted by Gasteiger charge is -2.26. The average molecular weight is 456 g/mol. The van der Waals surface area contributed by atoms with Gasteiger partial charge in [-0.25, -0.2) is 4.79 Å². The van der Waals surface area contributed by atoms with E-state index < -0.39 is 11.2 Å². The van der Waals surface area contributed by atoms with Crippen LogP contribution in [0.15, 0.2) is 33.9 Å². The average Bonchev–Trinajstić information content (AvgIpc) is 3.17. The summed E-state index contributed by atoms with van der Waals surface area (Å²) in [4.78, 5) is 55.9. The molecule has 1 aromatic heterocycles. The Bertz CT molecular complexity index is 1120. The Kier molecular flexibility index (Phi) is 7.73. The van der Waals surface area contributed by atoms with Gasteiger partial charge in [-0.15, -0.1) is 0 Å². The summed E-state index contributed by atoms with van der Waals surface area (Å²) in [6, 6.07) is 7.04. The van der Waals surface area contributed by atoms with Crippen molar-refractivity contribution in [2.45, 2.75) is 59.5 Å². The van der Waals surface area contributed by atoms with Crippen molar-refractivity contribution in [3.8, 4) is 0 Å². The van der Waals surface area contributed by atoms with Crippen LogP contribution < -0.4 is 21.9 Å². The van der Waals surface area contributed by atoms with Gasteiger partial charge in [0.1, 0.15) is 5.82 Å². The maximum atomic E-state index is 13.5. The van der Waals surface area contributed by atoms with Gasteiger partial charge >= 0.3 is 5.69 Å². The Balaban J connectivity index is 1.93. The van der Waals surface area contributed by atoms with Crippen LogP contribution in [0.2, 0.25) is 0 Å². The van der Waals surface area contributed by atoms with Crippen LogP contribution in [0, 0.1) is 5.92 Å². The Hall–Kier alpha value is -3.36. The predicted octanol–water partition coefficient (Wildman–Crippen LogP) is 2.34. The number of nitrogens with two attached hydrogens (primary N) is 1. The number of carbonyl (C=O) groups is 2. The van der Waals surface area contributed by atoms with Crippen molar-refractivity contribution >= 4 is 23.3 Å². The molecular weight excluding hydrogens is 422 g/mol. The number of hydrogen-bond acceptors (Lipinski definition) is 5. The van der Waals surface area contributed by atoms with E-state index in [-0.39, 0.29) is 35.8 Å². The molecule has 2 amide bonds. The summed E-state index contributed by atoms with van der Waals surface area (Å²) in [5.41, 5.74) is 6.33. The highest BCUT2D eigenvalue weighted by atomic mass is 16.2. The van der Waals surface area contributed by atoms with Gasteiger partial charge in [-0.1, -0.05) is 39.3 Å². The summed E-state index contributed by atoms with van der Waals surface area (Å²) < 4.78 is 1.32. The van der Waals surface area contributed by atoms with E-state index in [0.717, 1.165) is 24.9 Å². The number of rotatable bonds is 9. The lowest BCUT2D eigenvalue weighted by atomic mass is 10.1.